The Morgan fingerprint density at radius 2 is 1.82 bits per heavy atom. The molecule has 1 aliphatic carbocycles. The first-order valence-corrected chi connectivity index (χ1v) is 11.1. The van der Waals surface area contributed by atoms with Crippen molar-refractivity contribution in [1.29, 1.82) is 0 Å². The summed E-state index contributed by atoms with van der Waals surface area (Å²) in [6.45, 7) is -0.402. The minimum atomic E-state index is -3.03. The number of hydrogen-bond donors (Lipinski definition) is 1. The number of hydrogen-bond acceptors (Lipinski definition) is 3. The second-order valence-electron chi connectivity index (χ2n) is 8.53. The minimum Gasteiger partial charge on any atom is -0.435 e. The zero-order valence-corrected chi connectivity index (χ0v) is 18.8. The third-order valence-electron chi connectivity index (χ3n) is 6.00. The molecule has 0 radical (unpaired) electrons. The van der Waals surface area contributed by atoms with Crippen molar-refractivity contribution in [1.82, 2.24) is 9.78 Å². The molecule has 1 aliphatic rings. The number of anilines is 1. The van der Waals surface area contributed by atoms with Gasteiger partial charge in [0.1, 0.15) is 5.75 Å². The van der Waals surface area contributed by atoms with Crippen LogP contribution >= 0.6 is 0 Å². The SMILES string of the molecule is Cc1nn(-c2ccc(OC(F)F)cc2)c(C2CCCC2)c1C(=O)Nc1cccc(C(C)(F)F)c1. The van der Waals surface area contributed by atoms with Gasteiger partial charge in [-0.3, -0.25) is 4.79 Å². The average Bonchev–Trinajstić information content (AvgIpc) is 3.41. The Balaban J connectivity index is 1.70. The fourth-order valence-corrected chi connectivity index (χ4v) is 4.43. The molecule has 180 valence electrons. The molecule has 1 heterocycles. The quantitative estimate of drug-likeness (QED) is 0.382. The van der Waals surface area contributed by atoms with Crippen molar-refractivity contribution >= 4 is 11.6 Å². The van der Waals surface area contributed by atoms with Crippen LogP contribution in [0.2, 0.25) is 0 Å². The van der Waals surface area contributed by atoms with Gasteiger partial charge in [0.2, 0.25) is 0 Å². The van der Waals surface area contributed by atoms with Gasteiger partial charge in [-0.1, -0.05) is 25.0 Å². The lowest BCUT2D eigenvalue weighted by Crippen LogP contribution is -2.17. The van der Waals surface area contributed by atoms with Crippen molar-refractivity contribution in [2.45, 2.75) is 58.0 Å². The highest BCUT2D eigenvalue weighted by atomic mass is 19.3. The van der Waals surface area contributed by atoms with Crippen molar-refractivity contribution in [2.24, 2.45) is 0 Å². The zero-order chi connectivity index (χ0) is 24.5. The molecule has 3 aromatic rings. The van der Waals surface area contributed by atoms with Gasteiger partial charge < -0.3 is 10.1 Å². The van der Waals surface area contributed by atoms with Gasteiger partial charge in [0.05, 0.1) is 22.6 Å². The van der Waals surface area contributed by atoms with Crippen molar-refractivity contribution in [3.05, 3.63) is 71.0 Å². The maximum absolute atomic E-state index is 13.7. The summed E-state index contributed by atoms with van der Waals surface area (Å²) in [5, 5.41) is 7.32. The van der Waals surface area contributed by atoms with E-state index >= 15 is 0 Å². The minimum absolute atomic E-state index is 0.0237. The molecule has 1 aromatic heterocycles. The Labute approximate surface area is 194 Å². The van der Waals surface area contributed by atoms with Crippen LogP contribution in [-0.2, 0) is 5.92 Å². The molecular formula is C25H25F4N3O2. The van der Waals surface area contributed by atoms with E-state index in [1.165, 1.54) is 30.3 Å². The topological polar surface area (TPSA) is 56.2 Å². The standard InChI is InChI=1S/C25H25F4N3O2/c1-15-21(23(33)30-18-9-5-8-17(14-18)25(2,28)29)22(16-6-3-4-7-16)32(31-15)19-10-12-20(13-11-19)34-24(26)27/h5,8-14,16,24H,3-4,6-7H2,1-2H3,(H,30,33). The predicted octanol–water partition coefficient (Wildman–Crippen LogP) is 6.80. The summed E-state index contributed by atoms with van der Waals surface area (Å²) in [5.74, 6) is -3.35. The fraction of sp³-hybridized carbons (Fsp3) is 0.360. The van der Waals surface area contributed by atoms with E-state index in [4.69, 9.17) is 0 Å². The number of rotatable bonds is 7. The Morgan fingerprint density at radius 1 is 1.15 bits per heavy atom. The largest absolute Gasteiger partial charge is 0.435 e. The van der Waals surface area contributed by atoms with Gasteiger partial charge in [-0.15, -0.1) is 0 Å². The number of amides is 1. The molecule has 1 amide bonds. The molecule has 0 bridgehead atoms. The number of carbonyl (C=O) groups excluding carboxylic acids is 1. The van der Waals surface area contributed by atoms with E-state index in [0.717, 1.165) is 38.3 Å². The third kappa shape index (κ3) is 5.08. The van der Waals surface area contributed by atoms with E-state index in [9.17, 15) is 22.4 Å². The van der Waals surface area contributed by atoms with Gasteiger partial charge >= 0.3 is 6.61 Å². The van der Waals surface area contributed by atoms with E-state index in [1.54, 1.807) is 29.8 Å². The molecule has 0 atom stereocenters. The van der Waals surface area contributed by atoms with Crippen molar-refractivity contribution in [2.75, 3.05) is 5.32 Å². The van der Waals surface area contributed by atoms with Crippen molar-refractivity contribution < 1.29 is 27.1 Å². The fourth-order valence-electron chi connectivity index (χ4n) is 4.43. The van der Waals surface area contributed by atoms with E-state index in [2.05, 4.69) is 15.2 Å². The molecule has 1 fully saturated rings. The average molecular weight is 475 g/mol. The number of nitrogens with one attached hydrogen (secondary N) is 1. The number of benzene rings is 2. The lowest BCUT2D eigenvalue weighted by atomic mass is 9.97. The smallest absolute Gasteiger partial charge is 0.387 e. The molecular weight excluding hydrogens is 450 g/mol. The molecule has 1 N–H and O–H groups in total. The van der Waals surface area contributed by atoms with Crippen LogP contribution in [0, 0.1) is 6.92 Å². The lowest BCUT2D eigenvalue weighted by molar-refractivity contribution is -0.0498. The summed E-state index contributed by atoms with van der Waals surface area (Å²) in [6.07, 6.45) is 3.81. The normalized spacial score (nSPS) is 14.6. The van der Waals surface area contributed by atoms with Gasteiger partial charge in [-0.2, -0.15) is 13.9 Å². The summed E-state index contributed by atoms with van der Waals surface area (Å²) < 4.78 is 58.6. The van der Waals surface area contributed by atoms with E-state index in [0.29, 0.717) is 16.9 Å². The van der Waals surface area contributed by atoms with Crippen LogP contribution in [-0.4, -0.2) is 22.3 Å². The van der Waals surface area contributed by atoms with Crippen molar-refractivity contribution in [3.8, 4) is 11.4 Å². The highest BCUT2D eigenvalue weighted by Gasteiger charge is 2.31. The molecule has 9 heteroatoms. The molecule has 0 aliphatic heterocycles. The molecule has 34 heavy (non-hydrogen) atoms. The maximum Gasteiger partial charge on any atom is 0.387 e. The first-order chi connectivity index (χ1) is 16.1. The summed E-state index contributed by atoms with van der Waals surface area (Å²) in [6, 6.07) is 11.7. The predicted molar refractivity (Wildman–Crippen MR) is 120 cm³/mol. The van der Waals surface area contributed by atoms with Gasteiger partial charge in [0.25, 0.3) is 11.8 Å². The number of alkyl halides is 4. The summed E-state index contributed by atoms with van der Waals surface area (Å²) in [7, 11) is 0. The van der Waals surface area contributed by atoms with E-state index < -0.39 is 18.4 Å². The Kier molecular flexibility index (Phi) is 6.63. The maximum atomic E-state index is 13.7. The molecule has 0 saturated heterocycles. The van der Waals surface area contributed by atoms with Crippen LogP contribution in [0.5, 0.6) is 5.75 Å². The summed E-state index contributed by atoms with van der Waals surface area (Å²) in [4.78, 5) is 13.3. The van der Waals surface area contributed by atoms with Crippen LogP contribution in [0.4, 0.5) is 23.2 Å². The number of aromatic nitrogens is 2. The van der Waals surface area contributed by atoms with Gasteiger partial charge in [-0.25, -0.2) is 13.5 Å². The van der Waals surface area contributed by atoms with Gasteiger partial charge in [0.15, 0.2) is 0 Å². The van der Waals surface area contributed by atoms with Crippen LogP contribution in [0.1, 0.15) is 65.8 Å². The van der Waals surface area contributed by atoms with Crippen LogP contribution in [0.15, 0.2) is 48.5 Å². The number of nitrogens with zero attached hydrogens (tertiary/aromatic N) is 2. The van der Waals surface area contributed by atoms with Crippen LogP contribution < -0.4 is 10.1 Å². The number of halogens is 4. The summed E-state index contributed by atoms with van der Waals surface area (Å²) >= 11 is 0. The lowest BCUT2D eigenvalue weighted by Gasteiger charge is -2.16. The van der Waals surface area contributed by atoms with Gasteiger partial charge in [-0.05, 0) is 56.2 Å². The van der Waals surface area contributed by atoms with Crippen LogP contribution in [0.3, 0.4) is 0 Å². The van der Waals surface area contributed by atoms with Crippen LogP contribution in [0.25, 0.3) is 5.69 Å². The summed E-state index contributed by atoms with van der Waals surface area (Å²) in [5.41, 5.74) is 2.30. The van der Waals surface area contributed by atoms with E-state index in [-0.39, 0.29) is 22.9 Å². The Morgan fingerprint density at radius 3 is 2.44 bits per heavy atom. The Bertz CT molecular complexity index is 1160. The number of aryl methyl sites for hydroxylation is 1. The second-order valence-corrected chi connectivity index (χ2v) is 8.53. The van der Waals surface area contributed by atoms with Gasteiger partial charge in [0, 0.05) is 24.1 Å². The molecule has 5 nitrogen and oxygen atoms in total. The molecule has 0 unspecified atom stereocenters. The third-order valence-corrected chi connectivity index (χ3v) is 6.00. The van der Waals surface area contributed by atoms with E-state index in [1.807, 2.05) is 0 Å². The first kappa shape index (κ1) is 23.8. The molecule has 1 saturated carbocycles. The highest BCUT2D eigenvalue weighted by Crippen LogP contribution is 2.38. The Hall–Kier alpha value is -3.36. The highest BCUT2D eigenvalue weighted by molar-refractivity contribution is 6.06. The number of ether oxygens (including phenoxy) is 1. The zero-order valence-electron chi connectivity index (χ0n) is 18.8. The first-order valence-electron chi connectivity index (χ1n) is 11.1. The van der Waals surface area contributed by atoms with Crippen molar-refractivity contribution in [3.63, 3.8) is 0 Å². The molecule has 4 rings (SSSR count). The molecule has 2 aromatic carbocycles. The number of carbonyl (C=O) groups is 1. The monoisotopic (exact) mass is 475 g/mol. The molecule has 0 spiro atoms. The second kappa shape index (κ2) is 9.48.